The standard InChI is InChI=1S/C12H14N4O3/c17-6-13-2-1-3-14-12-15-8-4-10-11(19-7-18-10)5-9(8)16-12/h4-6H,1-3,7H2,(H,13,17)(H2,14,15,16). The quantitative estimate of drug-likeness (QED) is 0.530. The average molecular weight is 262 g/mol. The van der Waals surface area contributed by atoms with Crippen LogP contribution in [0, 0.1) is 0 Å². The highest BCUT2D eigenvalue weighted by Crippen LogP contribution is 2.35. The molecule has 0 fully saturated rings. The van der Waals surface area contributed by atoms with E-state index in [2.05, 4.69) is 20.6 Å². The second kappa shape index (κ2) is 5.05. The number of aromatic nitrogens is 2. The van der Waals surface area contributed by atoms with E-state index in [0.717, 1.165) is 35.5 Å². The van der Waals surface area contributed by atoms with Crippen molar-refractivity contribution in [3.8, 4) is 11.5 Å². The van der Waals surface area contributed by atoms with Crippen molar-refractivity contribution in [2.24, 2.45) is 0 Å². The predicted octanol–water partition coefficient (Wildman–Crippen LogP) is 0.840. The van der Waals surface area contributed by atoms with Crippen LogP contribution in [0.15, 0.2) is 12.1 Å². The predicted molar refractivity (Wildman–Crippen MR) is 69.4 cm³/mol. The van der Waals surface area contributed by atoms with E-state index >= 15 is 0 Å². The summed E-state index contributed by atoms with van der Waals surface area (Å²) >= 11 is 0. The molecule has 2 aromatic rings. The Hall–Kier alpha value is -2.44. The van der Waals surface area contributed by atoms with Crippen molar-refractivity contribution in [2.45, 2.75) is 6.42 Å². The molecule has 0 spiro atoms. The van der Waals surface area contributed by atoms with Crippen LogP contribution in [0.1, 0.15) is 6.42 Å². The molecular formula is C12H14N4O3. The topological polar surface area (TPSA) is 88.3 Å². The zero-order valence-corrected chi connectivity index (χ0v) is 10.2. The highest BCUT2D eigenvalue weighted by Gasteiger charge is 2.15. The van der Waals surface area contributed by atoms with E-state index in [-0.39, 0.29) is 6.79 Å². The van der Waals surface area contributed by atoms with Gasteiger partial charge in [-0.15, -0.1) is 0 Å². The molecule has 2 heterocycles. The number of benzene rings is 1. The number of rotatable bonds is 6. The molecule has 1 aliphatic rings. The number of nitrogens with one attached hydrogen (secondary N) is 3. The van der Waals surface area contributed by atoms with E-state index in [0.29, 0.717) is 18.9 Å². The number of anilines is 1. The van der Waals surface area contributed by atoms with Gasteiger partial charge < -0.3 is 25.1 Å². The van der Waals surface area contributed by atoms with Crippen molar-refractivity contribution in [2.75, 3.05) is 25.2 Å². The summed E-state index contributed by atoms with van der Waals surface area (Å²) < 4.78 is 10.6. The maximum atomic E-state index is 10.1. The Morgan fingerprint density at radius 3 is 3.00 bits per heavy atom. The van der Waals surface area contributed by atoms with Crippen LogP contribution in [0.2, 0.25) is 0 Å². The molecule has 0 bridgehead atoms. The van der Waals surface area contributed by atoms with Crippen LogP contribution in [0.3, 0.4) is 0 Å². The van der Waals surface area contributed by atoms with Gasteiger partial charge in [-0.3, -0.25) is 4.79 Å². The number of aromatic amines is 1. The van der Waals surface area contributed by atoms with Gasteiger partial charge in [-0.2, -0.15) is 0 Å². The van der Waals surface area contributed by atoms with Crippen LogP contribution in [-0.4, -0.2) is 36.3 Å². The van der Waals surface area contributed by atoms with E-state index in [1.807, 2.05) is 12.1 Å². The van der Waals surface area contributed by atoms with E-state index < -0.39 is 0 Å². The molecule has 19 heavy (non-hydrogen) atoms. The molecule has 3 N–H and O–H groups in total. The van der Waals surface area contributed by atoms with Crippen LogP contribution >= 0.6 is 0 Å². The summed E-state index contributed by atoms with van der Waals surface area (Å²) in [4.78, 5) is 17.7. The summed E-state index contributed by atoms with van der Waals surface area (Å²) in [7, 11) is 0. The maximum absolute atomic E-state index is 10.1. The summed E-state index contributed by atoms with van der Waals surface area (Å²) in [5.74, 6) is 2.16. The second-order valence-corrected chi connectivity index (χ2v) is 4.16. The van der Waals surface area contributed by atoms with Crippen molar-refractivity contribution in [1.29, 1.82) is 0 Å². The smallest absolute Gasteiger partial charge is 0.231 e. The third kappa shape index (κ3) is 2.40. The highest BCUT2D eigenvalue weighted by atomic mass is 16.7. The zero-order chi connectivity index (χ0) is 13.1. The molecule has 7 nitrogen and oxygen atoms in total. The van der Waals surface area contributed by atoms with Crippen LogP contribution in [0.5, 0.6) is 11.5 Å². The first-order valence-corrected chi connectivity index (χ1v) is 6.07. The molecule has 7 heteroatoms. The van der Waals surface area contributed by atoms with E-state index in [1.165, 1.54) is 0 Å². The molecule has 3 rings (SSSR count). The minimum atomic E-state index is 0.261. The molecule has 0 aliphatic carbocycles. The Labute approximate surface area is 109 Å². The van der Waals surface area contributed by atoms with Crippen molar-refractivity contribution >= 4 is 23.4 Å². The van der Waals surface area contributed by atoms with Gasteiger partial charge in [0.15, 0.2) is 11.5 Å². The van der Waals surface area contributed by atoms with Gasteiger partial charge in [0.2, 0.25) is 19.2 Å². The van der Waals surface area contributed by atoms with Gasteiger partial charge in [-0.05, 0) is 6.42 Å². The number of hydrogen-bond donors (Lipinski definition) is 3. The van der Waals surface area contributed by atoms with Gasteiger partial charge in [-0.25, -0.2) is 4.98 Å². The first-order chi connectivity index (χ1) is 9.36. The minimum Gasteiger partial charge on any atom is -0.454 e. The lowest BCUT2D eigenvalue weighted by atomic mass is 10.3. The molecule has 0 saturated heterocycles. The Kier molecular flexibility index (Phi) is 3.09. The Morgan fingerprint density at radius 1 is 1.32 bits per heavy atom. The molecule has 0 saturated carbocycles. The first kappa shape index (κ1) is 11.6. The van der Waals surface area contributed by atoms with Crippen LogP contribution in [0.25, 0.3) is 11.0 Å². The second-order valence-electron chi connectivity index (χ2n) is 4.16. The van der Waals surface area contributed by atoms with Gasteiger partial charge in [0.1, 0.15) is 0 Å². The molecule has 100 valence electrons. The first-order valence-electron chi connectivity index (χ1n) is 6.07. The number of H-pyrrole nitrogens is 1. The lowest BCUT2D eigenvalue weighted by Gasteiger charge is -2.01. The summed E-state index contributed by atoms with van der Waals surface area (Å²) in [6.07, 6.45) is 1.53. The lowest BCUT2D eigenvalue weighted by molar-refractivity contribution is -0.109. The van der Waals surface area contributed by atoms with Gasteiger partial charge in [0.25, 0.3) is 0 Å². The van der Waals surface area contributed by atoms with E-state index in [1.54, 1.807) is 0 Å². The number of carbonyl (C=O) groups excluding carboxylic acids is 1. The normalized spacial score (nSPS) is 12.6. The largest absolute Gasteiger partial charge is 0.454 e. The lowest BCUT2D eigenvalue weighted by Crippen LogP contribution is -2.16. The fourth-order valence-corrected chi connectivity index (χ4v) is 1.94. The van der Waals surface area contributed by atoms with Crippen molar-refractivity contribution in [3.63, 3.8) is 0 Å². The Bertz CT molecular complexity index is 555. The summed E-state index contributed by atoms with van der Waals surface area (Å²) in [6.45, 7) is 1.64. The molecular weight excluding hydrogens is 248 g/mol. The van der Waals surface area contributed by atoms with E-state index in [9.17, 15) is 4.79 Å². The molecule has 0 atom stereocenters. The van der Waals surface area contributed by atoms with Gasteiger partial charge in [0.05, 0.1) is 11.0 Å². The summed E-state index contributed by atoms with van der Waals surface area (Å²) in [5.41, 5.74) is 1.73. The van der Waals surface area contributed by atoms with Gasteiger partial charge in [-0.1, -0.05) is 0 Å². The summed E-state index contributed by atoms with van der Waals surface area (Å²) in [6, 6.07) is 3.73. The number of ether oxygens (including phenoxy) is 2. The monoisotopic (exact) mass is 262 g/mol. The van der Waals surface area contributed by atoms with Crippen LogP contribution < -0.4 is 20.1 Å². The van der Waals surface area contributed by atoms with Gasteiger partial charge in [0, 0.05) is 25.2 Å². The van der Waals surface area contributed by atoms with Crippen molar-refractivity contribution < 1.29 is 14.3 Å². The molecule has 0 unspecified atom stereocenters. The summed E-state index contributed by atoms with van der Waals surface area (Å²) in [5, 5.41) is 5.77. The third-order valence-corrected chi connectivity index (χ3v) is 2.85. The molecule has 1 aromatic carbocycles. The molecule has 0 radical (unpaired) electrons. The number of hydrogen-bond acceptors (Lipinski definition) is 5. The average Bonchev–Trinajstić information content (AvgIpc) is 3.00. The molecule has 1 amide bonds. The van der Waals surface area contributed by atoms with E-state index in [4.69, 9.17) is 9.47 Å². The number of fused-ring (bicyclic) bond motifs is 2. The minimum absolute atomic E-state index is 0.261. The Balaban J connectivity index is 1.67. The number of amides is 1. The zero-order valence-electron chi connectivity index (χ0n) is 10.2. The van der Waals surface area contributed by atoms with Crippen molar-refractivity contribution in [1.82, 2.24) is 15.3 Å². The molecule has 1 aromatic heterocycles. The molecule has 1 aliphatic heterocycles. The van der Waals surface area contributed by atoms with Crippen molar-refractivity contribution in [3.05, 3.63) is 12.1 Å². The Morgan fingerprint density at radius 2 is 2.16 bits per heavy atom. The highest BCUT2D eigenvalue weighted by molar-refractivity contribution is 5.81. The number of imidazole rings is 1. The fourth-order valence-electron chi connectivity index (χ4n) is 1.94. The van der Waals surface area contributed by atoms with Crippen LogP contribution in [-0.2, 0) is 4.79 Å². The fraction of sp³-hybridized carbons (Fsp3) is 0.333. The van der Waals surface area contributed by atoms with Crippen LogP contribution in [0.4, 0.5) is 5.95 Å². The number of carbonyl (C=O) groups is 1. The maximum Gasteiger partial charge on any atom is 0.231 e. The SMILES string of the molecule is O=CNCCCNc1nc2cc3c(cc2[nH]1)OCO3. The van der Waals surface area contributed by atoms with Gasteiger partial charge >= 0.3 is 0 Å². The third-order valence-electron chi connectivity index (χ3n) is 2.85. The number of nitrogens with zero attached hydrogens (tertiary/aromatic N) is 1.